The summed E-state index contributed by atoms with van der Waals surface area (Å²) in [5.74, 6) is 1.06. The van der Waals surface area contributed by atoms with Gasteiger partial charge in [-0.15, -0.1) is 0 Å². The van der Waals surface area contributed by atoms with Crippen molar-refractivity contribution in [1.82, 2.24) is 39.8 Å². The summed E-state index contributed by atoms with van der Waals surface area (Å²) >= 11 is 0. The zero-order valence-electron chi connectivity index (χ0n) is 23.4. The monoisotopic (exact) mass is 616 g/mol. The smallest absolute Gasteiger partial charge is 0.294 e. The highest BCUT2D eigenvalue weighted by Crippen LogP contribution is 2.20. The Hall–Kier alpha value is -4.23. The largest absolute Gasteiger partial charge is 0.394 e. The van der Waals surface area contributed by atoms with Gasteiger partial charge in [0.15, 0.2) is 11.5 Å². The molecule has 3 aromatic heterocycles. The van der Waals surface area contributed by atoms with Crippen LogP contribution in [0.15, 0.2) is 41.8 Å². The van der Waals surface area contributed by atoms with Gasteiger partial charge in [0.25, 0.3) is 10.1 Å². The van der Waals surface area contributed by atoms with Crippen molar-refractivity contribution in [2.45, 2.75) is 43.2 Å². The Morgan fingerprint density at radius 2 is 1.65 bits per heavy atom. The van der Waals surface area contributed by atoms with Crippen LogP contribution in [0, 0.1) is 0 Å². The van der Waals surface area contributed by atoms with Crippen LogP contribution in [-0.2, 0) is 16.7 Å². The van der Waals surface area contributed by atoms with E-state index in [-0.39, 0.29) is 23.4 Å². The predicted molar refractivity (Wildman–Crippen MR) is 161 cm³/mol. The number of anilines is 5. The topological polar surface area (TPSA) is 251 Å². The Bertz CT molecular complexity index is 1590. The Morgan fingerprint density at radius 1 is 0.930 bits per heavy atom. The number of imidazole rings is 1. The summed E-state index contributed by atoms with van der Waals surface area (Å²) in [5.41, 5.74) is 7.35. The van der Waals surface area contributed by atoms with E-state index in [1.54, 1.807) is 12.4 Å². The SMILES string of the molecule is Nc1ncnc2c1ncn2CCNc1nc(NCCCCCCNCC(O)CO)nc(Nc2cccc(S(=O)(=O)O)c2)n1. The first kappa shape index (κ1) is 31.7. The fraction of sp³-hybridized carbons (Fsp3) is 0.440. The highest BCUT2D eigenvalue weighted by molar-refractivity contribution is 7.85. The first-order chi connectivity index (χ1) is 20.7. The van der Waals surface area contributed by atoms with Gasteiger partial charge in [-0.3, -0.25) is 4.55 Å². The summed E-state index contributed by atoms with van der Waals surface area (Å²) in [4.78, 5) is 25.5. The number of nitrogens with zero attached hydrogens (tertiary/aromatic N) is 7. The molecule has 0 saturated carbocycles. The average molecular weight is 617 g/mol. The minimum atomic E-state index is -4.38. The van der Waals surface area contributed by atoms with Crippen LogP contribution >= 0.6 is 0 Å². The molecule has 18 heteroatoms. The molecule has 4 aromatic rings. The molecule has 0 saturated heterocycles. The number of rotatable bonds is 18. The standard InChI is InChI=1S/C25H36N12O5S/c26-21-20-22(31-15-30-21)37(16-32-20)11-10-29-24-34-23(28-9-4-2-1-3-8-27-13-18(39)14-38)35-25(36-24)33-17-6-5-7-19(12-17)43(40,41)42/h5-7,12,15-16,18,27,38-39H,1-4,8-11,13-14H2,(H2,26,30,31)(H,40,41,42)(H3,28,29,33,34,35,36). The van der Waals surface area contributed by atoms with Crippen molar-refractivity contribution in [1.29, 1.82) is 0 Å². The minimum absolute atomic E-state index is 0.164. The fourth-order valence-corrected chi connectivity index (χ4v) is 4.59. The number of nitrogen functional groups attached to an aromatic ring is 1. The van der Waals surface area contributed by atoms with Gasteiger partial charge in [-0.1, -0.05) is 18.9 Å². The molecule has 1 aromatic carbocycles. The van der Waals surface area contributed by atoms with Crippen molar-refractivity contribution in [3.63, 3.8) is 0 Å². The zero-order valence-corrected chi connectivity index (χ0v) is 24.2. The van der Waals surface area contributed by atoms with Crippen molar-refractivity contribution in [2.75, 3.05) is 54.5 Å². The van der Waals surface area contributed by atoms with Crippen LogP contribution in [0.1, 0.15) is 25.7 Å². The number of aromatic nitrogens is 7. The first-order valence-corrected chi connectivity index (χ1v) is 15.2. The van der Waals surface area contributed by atoms with Crippen LogP contribution in [-0.4, -0.2) is 96.5 Å². The minimum Gasteiger partial charge on any atom is -0.394 e. The van der Waals surface area contributed by atoms with Crippen LogP contribution in [0.25, 0.3) is 11.2 Å². The number of hydrogen-bond acceptors (Lipinski definition) is 15. The Labute approximate surface area is 248 Å². The summed E-state index contributed by atoms with van der Waals surface area (Å²) in [6.07, 6.45) is 6.03. The van der Waals surface area contributed by atoms with Crippen molar-refractivity contribution in [3.8, 4) is 0 Å². The lowest BCUT2D eigenvalue weighted by Crippen LogP contribution is -2.29. The molecule has 9 N–H and O–H groups in total. The number of nitrogens with one attached hydrogen (secondary N) is 4. The van der Waals surface area contributed by atoms with Gasteiger partial charge < -0.3 is 41.8 Å². The molecule has 0 bridgehead atoms. The van der Waals surface area contributed by atoms with E-state index in [9.17, 15) is 18.1 Å². The highest BCUT2D eigenvalue weighted by Gasteiger charge is 2.12. The number of unbranched alkanes of at least 4 members (excludes halogenated alkanes) is 3. The first-order valence-electron chi connectivity index (χ1n) is 13.7. The van der Waals surface area contributed by atoms with E-state index in [0.717, 1.165) is 32.2 Å². The maximum absolute atomic E-state index is 11.6. The number of nitrogens with two attached hydrogens (primary N) is 1. The molecular formula is C25H36N12O5S. The predicted octanol–water partition coefficient (Wildman–Crippen LogP) is 0.611. The third-order valence-corrected chi connectivity index (χ3v) is 7.09. The van der Waals surface area contributed by atoms with E-state index in [1.807, 2.05) is 4.57 Å². The Morgan fingerprint density at radius 3 is 2.40 bits per heavy atom. The van der Waals surface area contributed by atoms with Gasteiger partial charge in [0.05, 0.1) is 23.9 Å². The van der Waals surface area contributed by atoms with Gasteiger partial charge in [-0.2, -0.15) is 23.4 Å². The second-order valence-corrected chi connectivity index (χ2v) is 11.0. The lowest BCUT2D eigenvalue weighted by atomic mass is 10.2. The molecule has 1 atom stereocenters. The number of fused-ring (bicyclic) bond motifs is 1. The van der Waals surface area contributed by atoms with Crippen LogP contribution in [0.3, 0.4) is 0 Å². The van der Waals surface area contributed by atoms with Crippen LogP contribution in [0.4, 0.5) is 29.4 Å². The molecule has 0 spiro atoms. The van der Waals surface area contributed by atoms with E-state index in [4.69, 9.17) is 10.8 Å². The molecule has 0 radical (unpaired) electrons. The lowest BCUT2D eigenvalue weighted by molar-refractivity contribution is 0.0945. The third-order valence-electron chi connectivity index (χ3n) is 6.24. The van der Waals surface area contributed by atoms with E-state index >= 15 is 0 Å². The maximum atomic E-state index is 11.6. The van der Waals surface area contributed by atoms with Gasteiger partial charge in [0.2, 0.25) is 17.8 Å². The molecule has 43 heavy (non-hydrogen) atoms. The molecule has 0 amide bonds. The highest BCUT2D eigenvalue weighted by atomic mass is 32.2. The molecular weight excluding hydrogens is 580 g/mol. The molecule has 3 heterocycles. The zero-order chi connectivity index (χ0) is 30.7. The van der Waals surface area contributed by atoms with E-state index in [2.05, 4.69) is 51.2 Å². The molecule has 0 fully saturated rings. The summed E-state index contributed by atoms with van der Waals surface area (Å²) < 4.78 is 34.4. The molecule has 232 valence electrons. The number of benzene rings is 1. The number of hydrogen-bond donors (Lipinski definition) is 8. The number of aliphatic hydroxyl groups is 2. The summed E-state index contributed by atoms with van der Waals surface area (Å²) in [6.45, 7) is 2.38. The quantitative estimate of drug-likeness (QED) is 0.0563. The average Bonchev–Trinajstić information content (AvgIpc) is 3.40. The molecule has 4 rings (SSSR count). The molecule has 0 aliphatic heterocycles. The van der Waals surface area contributed by atoms with Crippen molar-refractivity contribution >= 4 is 50.6 Å². The van der Waals surface area contributed by atoms with Gasteiger partial charge in [-0.05, 0) is 37.6 Å². The Kier molecular flexibility index (Phi) is 11.3. The lowest BCUT2D eigenvalue weighted by Gasteiger charge is -2.12. The second kappa shape index (κ2) is 15.3. The van der Waals surface area contributed by atoms with E-state index < -0.39 is 16.2 Å². The van der Waals surface area contributed by atoms with E-state index in [0.29, 0.717) is 54.8 Å². The summed E-state index contributed by atoms with van der Waals surface area (Å²) in [7, 11) is -4.38. The number of aliphatic hydroxyl groups excluding tert-OH is 2. The van der Waals surface area contributed by atoms with E-state index in [1.165, 1.54) is 24.5 Å². The van der Waals surface area contributed by atoms with Crippen molar-refractivity contribution in [2.24, 2.45) is 0 Å². The molecule has 1 unspecified atom stereocenters. The molecule has 17 nitrogen and oxygen atoms in total. The summed E-state index contributed by atoms with van der Waals surface area (Å²) in [5, 5.41) is 30.6. The van der Waals surface area contributed by atoms with Crippen LogP contribution < -0.4 is 27.0 Å². The second-order valence-electron chi connectivity index (χ2n) is 9.61. The maximum Gasteiger partial charge on any atom is 0.294 e. The summed E-state index contributed by atoms with van der Waals surface area (Å²) in [6, 6.07) is 5.66. The van der Waals surface area contributed by atoms with Gasteiger partial charge in [-0.25, -0.2) is 15.0 Å². The fourth-order valence-electron chi connectivity index (χ4n) is 4.07. The molecule has 0 aliphatic carbocycles. The van der Waals surface area contributed by atoms with Crippen LogP contribution in [0.2, 0.25) is 0 Å². The van der Waals surface area contributed by atoms with Crippen molar-refractivity contribution in [3.05, 3.63) is 36.9 Å². The molecule has 0 aliphatic rings. The Balaban J connectivity index is 1.37. The normalized spacial score (nSPS) is 12.3. The van der Waals surface area contributed by atoms with Crippen molar-refractivity contribution < 1.29 is 23.2 Å². The third kappa shape index (κ3) is 9.65. The van der Waals surface area contributed by atoms with Gasteiger partial charge in [0, 0.05) is 31.9 Å². The van der Waals surface area contributed by atoms with Crippen LogP contribution in [0.5, 0.6) is 0 Å². The van der Waals surface area contributed by atoms with Gasteiger partial charge >= 0.3 is 0 Å². The van der Waals surface area contributed by atoms with Gasteiger partial charge in [0.1, 0.15) is 11.8 Å².